The van der Waals surface area contributed by atoms with Crippen LogP contribution in [0.4, 0.5) is 0 Å². The van der Waals surface area contributed by atoms with E-state index < -0.39 is 5.54 Å². The number of rotatable bonds is 5. The summed E-state index contributed by atoms with van der Waals surface area (Å²) >= 11 is 1.98. The third kappa shape index (κ3) is 2.95. The molecular weight excluding hydrogens is 236 g/mol. The average molecular weight is 258 g/mol. The van der Waals surface area contributed by atoms with E-state index in [4.69, 9.17) is 10.5 Å². The Kier molecular flexibility index (Phi) is 4.33. The molecule has 2 unspecified atom stereocenters. The number of hydrogen-bond acceptors (Lipinski definition) is 4. The Bertz CT molecular complexity index is 280. The minimum atomic E-state index is -0.463. The third-order valence-corrected chi connectivity index (χ3v) is 5.13. The van der Waals surface area contributed by atoms with Crippen molar-refractivity contribution in [1.82, 2.24) is 5.32 Å². The highest BCUT2D eigenvalue weighted by molar-refractivity contribution is 8.00. The quantitative estimate of drug-likeness (QED) is 0.769. The Morgan fingerprint density at radius 2 is 2.29 bits per heavy atom. The van der Waals surface area contributed by atoms with E-state index in [0.717, 1.165) is 39.0 Å². The zero-order valence-corrected chi connectivity index (χ0v) is 11.2. The maximum absolute atomic E-state index is 11.7. The van der Waals surface area contributed by atoms with Crippen molar-refractivity contribution in [3.05, 3.63) is 0 Å². The average Bonchev–Trinajstić information content (AvgIpc) is 2.24. The lowest BCUT2D eigenvalue weighted by Gasteiger charge is -2.40. The summed E-state index contributed by atoms with van der Waals surface area (Å²) < 4.78 is 5.20. The van der Waals surface area contributed by atoms with Crippen LogP contribution in [-0.2, 0) is 9.53 Å². The van der Waals surface area contributed by atoms with Gasteiger partial charge in [0.15, 0.2) is 0 Å². The predicted molar refractivity (Wildman–Crippen MR) is 70.1 cm³/mol. The lowest BCUT2D eigenvalue weighted by Crippen LogP contribution is -2.58. The molecule has 2 atom stereocenters. The second kappa shape index (κ2) is 5.59. The van der Waals surface area contributed by atoms with Crippen LogP contribution >= 0.6 is 11.8 Å². The van der Waals surface area contributed by atoms with Crippen LogP contribution in [0, 0.1) is 0 Å². The van der Waals surface area contributed by atoms with E-state index in [2.05, 4.69) is 5.32 Å². The Morgan fingerprint density at radius 1 is 1.53 bits per heavy atom. The molecule has 4 nitrogen and oxygen atoms in total. The first-order chi connectivity index (χ1) is 8.16. The van der Waals surface area contributed by atoms with Gasteiger partial charge in [0, 0.05) is 5.25 Å². The molecule has 1 heterocycles. The van der Waals surface area contributed by atoms with Gasteiger partial charge in [-0.3, -0.25) is 4.79 Å². The predicted octanol–water partition coefficient (Wildman–Crippen LogP) is 0.895. The number of ether oxygens (including phenoxy) is 1. The van der Waals surface area contributed by atoms with Crippen LogP contribution < -0.4 is 11.1 Å². The minimum absolute atomic E-state index is 0.186. The van der Waals surface area contributed by atoms with Gasteiger partial charge in [0.05, 0.1) is 24.0 Å². The SMILES string of the molecule is CCNC1(C(N)=O)CCCC(SC2COC2)C1. The molecule has 0 radical (unpaired) electrons. The summed E-state index contributed by atoms with van der Waals surface area (Å²) in [5.41, 5.74) is 5.13. The van der Waals surface area contributed by atoms with Gasteiger partial charge in [-0.25, -0.2) is 0 Å². The maximum Gasteiger partial charge on any atom is 0.237 e. The van der Waals surface area contributed by atoms with Crippen molar-refractivity contribution in [3.63, 3.8) is 0 Å². The van der Waals surface area contributed by atoms with Gasteiger partial charge >= 0.3 is 0 Å². The zero-order chi connectivity index (χ0) is 12.3. The van der Waals surface area contributed by atoms with Gasteiger partial charge < -0.3 is 15.8 Å². The molecule has 17 heavy (non-hydrogen) atoms. The summed E-state index contributed by atoms with van der Waals surface area (Å²) in [6.45, 7) is 4.56. The molecule has 0 aromatic carbocycles. The molecule has 5 heteroatoms. The van der Waals surface area contributed by atoms with E-state index in [-0.39, 0.29) is 5.91 Å². The van der Waals surface area contributed by atoms with Crippen LogP contribution in [0.5, 0.6) is 0 Å². The number of carbonyl (C=O) groups excluding carboxylic acids is 1. The standard InChI is InChI=1S/C12H22N2O2S/c1-2-14-12(11(13)15)5-3-4-9(6-12)17-10-7-16-8-10/h9-10,14H,2-8H2,1H3,(H2,13,15). The van der Waals surface area contributed by atoms with Crippen LogP contribution in [0.25, 0.3) is 0 Å². The fourth-order valence-electron chi connectivity index (χ4n) is 2.72. The molecular formula is C12H22N2O2S. The maximum atomic E-state index is 11.7. The summed E-state index contributed by atoms with van der Waals surface area (Å²) in [6, 6.07) is 0. The van der Waals surface area contributed by atoms with Crippen molar-refractivity contribution in [1.29, 1.82) is 0 Å². The topological polar surface area (TPSA) is 64.3 Å². The number of amides is 1. The summed E-state index contributed by atoms with van der Waals surface area (Å²) in [5.74, 6) is -0.186. The molecule has 1 saturated heterocycles. The van der Waals surface area contributed by atoms with Crippen LogP contribution in [-0.4, -0.2) is 41.7 Å². The summed E-state index contributed by atoms with van der Waals surface area (Å²) in [4.78, 5) is 11.7. The molecule has 98 valence electrons. The molecule has 2 rings (SSSR count). The highest BCUT2D eigenvalue weighted by Gasteiger charge is 2.41. The van der Waals surface area contributed by atoms with Crippen LogP contribution in [0.2, 0.25) is 0 Å². The van der Waals surface area contributed by atoms with Crippen molar-refractivity contribution in [3.8, 4) is 0 Å². The second-order valence-electron chi connectivity index (χ2n) is 4.99. The zero-order valence-electron chi connectivity index (χ0n) is 10.4. The first kappa shape index (κ1) is 13.2. The smallest absolute Gasteiger partial charge is 0.237 e. The van der Waals surface area contributed by atoms with Gasteiger partial charge in [0.25, 0.3) is 0 Å². The van der Waals surface area contributed by atoms with Crippen LogP contribution in [0.1, 0.15) is 32.6 Å². The first-order valence-corrected chi connectivity index (χ1v) is 7.39. The van der Waals surface area contributed by atoms with Crippen molar-refractivity contribution in [2.24, 2.45) is 5.73 Å². The van der Waals surface area contributed by atoms with Gasteiger partial charge in [-0.15, -0.1) is 0 Å². The molecule has 1 saturated carbocycles. The number of nitrogens with one attached hydrogen (secondary N) is 1. The summed E-state index contributed by atoms with van der Waals surface area (Å²) in [5, 5.41) is 4.49. The number of thioether (sulfide) groups is 1. The lowest BCUT2D eigenvalue weighted by atomic mass is 9.80. The van der Waals surface area contributed by atoms with Gasteiger partial charge in [-0.2, -0.15) is 11.8 Å². The van der Waals surface area contributed by atoms with Gasteiger partial charge in [-0.1, -0.05) is 6.92 Å². The summed E-state index contributed by atoms with van der Waals surface area (Å²) in [6.07, 6.45) is 4.04. The highest BCUT2D eigenvalue weighted by Crippen LogP contribution is 2.38. The van der Waals surface area contributed by atoms with Gasteiger partial charge in [-0.05, 0) is 32.2 Å². The fourth-order valence-corrected chi connectivity index (χ4v) is 4.29. The molecule has 0 aromatic rings. The lowest BCUT2D eigenvalue weighted by molar-refractivity contribution is -0.125. The Labute approximate surface area is 107 Å². The molecule has 2 fully saturated rings. The Morgan fingerprint density at radius 3 is 2.82 bits per heavy atom. The fraction of sp³-hybridized carbons (Fsp3) is 0.917. The number of carbonyl (C=O) groups is 1. The number of hydrogen-bond donors (Lipinski definition) is 2. The number of primary amides is 1. The van der Waals surface area contributed by atoms with Crippen LogP contribution in [0.3, 0.4) is 0 Å². The Hall–Kier alpha value is -0.260. The second-order valence-corrected chi connectivity index (χ2v) is 6.60. The number of nitrogens with two attached hydrogens (primary N) is 1. The monoisotopic (exact) mass is 258 g/mol. The van der Waals surface area contributed by atoms with E-state index in [0.29, 0.717) is 10.5 Å². The molecule has 2 aliphatic rings. The van der Waals surface area contributed by atoms with Crippen LogP contribution in [0.15, 0.2) is 0 Å². The van der Waals surface area contributed by atoms with Gasteiger partial charge in [0.2, 0.25) is 5.91 Å². The molecule has 1 amide bonds. The van der Waals surface area contributed by atoms with E-state index in [1.54, 1.807) is 0 Å². The normalized spacial score (nSPS) is 34.3. The molecule has 0 bridgehead atoms. The molecule has 1 aliphatic carbocycles. The third-order valence-electron chi connectivity index (χ3n) is 3.68. The number of likely N-dealkylation sites (N-methyl/N-ethyl adjacent to an activating group) is 1. The highest BCUT2D eigenvalue weighted by atomic mass is 32.2. The van der Waals surface area contributed by atoms with E-state index in [1.165, 1.54) is 6.42 Å². The summed E-state index contributed by atoms with van der Waals surface area (Å²) in [7, 11) is 0. The first-order valence-electron chi connectivity index (χ1n) is 6.44. The van der Waals surface area contributed by atoms with Crippen molar-refractivity contribution < 1.29 is 9.53 Å². The van der Waals surface area contributed by atoms with E-state index >= 15 is 0 Å². The molecule has 0 spiro atoms. The minimum Gasteiger partial charge on any atom is -0.379 e. The Balaban J connectivity index is 1.94. The molecule has 0 aromatic heterocycles. The van der Waals surface area contributed by atoms with Gasteiger partial charge in [0.1, 0.15) is 0 Å². The van der Waals surface area contributed by atoms with Crippen molar-refractivity contribution >= 4 is 17.7 Å². The molecule has 3 N–H and O–H groups in total. The largest absolute Gasteiger partial charge is 0.379 e. The molecule has 1 aliphatic heterocycles. The van der Waals surface area contributed by atoms with Crippen molar-refractivity contribution in [2.45, 2.75) is 48.6 Å². The van der Waals surface area contributed by atoms with Crippen molar-refractivity contribution in [2.75, 3.05) is 19.8 Å². The van der Waals surface area contributed by atoms with E-state index in [1.807, 2.05) is 18.7 Å². The van der Waals surface area contributed by atoms with E-state index in [9.17, 15) is 4.79 Å².